The van der Waals surface area contributed by atoms with Crippen LogP contribution < -0.4 is 10.6 Å². The zero-order valence-electron chi connectivity index (χ0n) is 9.33. The highest BCUT2D eigenvalue weighted by molar-refractivity contribution is 7.99. The van der Waals surface area contributed by atoms with Gasteiger partial charge in [-0.2, -0.15) is 11.8 Å². The number of hydrogen-bond acceptors (Lipinski definition) is 4. The van der Waals surface area contributed by atoms with E-state index < -0.39 is 12.0 Å². The summed E-state index contributed by atoms with van der Waals surface area (Å²) in [4.78, 5) is 22.3. The molecule has 0 bridgehead atoms. The van der Waals surface area contributed by atoms with Gasteiger partial charge in [0.05, 0.1) is 7.11 Å². The lowest BCUT2D eigenvalue weighted by Crippen LogP contribution is -2.45. The summed E-state index contributed by atoms with van der Waals surface area (Å²) in [5.74, 6) is 1.41. The average molecular weight is 234 g/mol. The van der Waals surface area contributed by atoms with Gasteiger partial charge in [-0.1, -0.05) is 6.92 Å². The van der Waals surface area contributed by atoms with E-state index in [4.69, 9.17) is 0 Å². The van der Waals surface area contributed by atoms with E-state index in [1.165, 1.54) is 14.2 Å². The molecule has 2 N–H and O–H groups in total. The van der Waals surface area contributed by atoms with Crippen LogP contribution in [0.3, 0.4) is 0 Å². The Morgan fingerprint density at radius 1 is 1.47 bits per heavy atom. The van der Waals surface area contributed by atoms with Crippen molar-refractivity contribution in [3.63, 3.8) is 0 Å². The Balaban J connectivity index is 4.06. The molecule has 0 aliphatic heterocycles. The average Bonchev–Trinajstić information content (AvgIpc) is 2.26. The van der Waals surface area contributed by atoms with E-state index >= 15 is 0 Å². The third-order valence-electron chi connectivity index (χ3n) is 1.77. The summed E-state index contributed by atoms with van der Waals surface area (Å²) in [6.45, 7) is 2.05. The lowest BCUT2D eigenvalue weighted by atomic mass is 10.2. The van der Waals surface area contributed by atoms with Crippen molar-refractivity contribution in [2.75, 3.05) is 25.7 Å². The minimum absolute atomic E-state index is 0.369. The minimum atomic E-state index is -0.561. The van der Waals surface area contributed by atoms with Gasteiger partial charge in [-0.3, -0.25) is 0 Å². The number of urea groups is 1. The van der Waals surface area contributed by atoms with E-state index in [1.54, 1.807) is 11.8 Å². The van der Waals surface area contributed by atoms with Crippen LogP contribution in [0.5, 0.6) is 0 Å². The lowest BCUT2D eigenvalue weighted by molar-refractivity contribution is -0.142. The number of carbonyl (C=O) groups excluding carboxylic acids is 2. The van der Waals surface area contributed by atoms with Gasteiger partial charge in [-0.25, -0.2) is 9.59 Å². The van der Waals surface area contributed by atoms with Crippen LogP contribution in [0.25, 0.3) is 0 Å². The van der Waals surface area contributed by atoms with Crippen molar-refractivity contribution in [1.82, 2.24) is 10.6 Å². The van der Waals surface area contributed by atoms with E-state index in [9.17, 15) is 9.59 Å². The van der Waals surface area contributed by atoms with Gasteiger partial charge in [-0.05, 0) is 17.9 Å². The number of carbonyl (C=O) groups is 2. The maximum atomic E-state index is 11.3. The van der Waals surface area contributed by atoms with Crippen molar-refractivity contribution >= 4 is 23.8 Å². The molecule has 15 heavy (non-hydrogen) atoms. The molecule has 0 aromatic heterocycles. The van der Waals surface area contributed by atoms with Gasteiger partial charge in [0.2, 0.25) is 0 Å². The maximum Gasteiger partial charge on any atom is 0.328 e. The predicted octanol–water partition coefficient (Wildman–Crippen LogP) is 0.600. The summed E-state index contributed by atoms with van der Waals surface area (Å²) in [6.07, 6.45) is 0.582. The predicted molar refractivity (Wildman–Crippen MR) is 61.0 cm³/mol. The summed E-state index contributed by atoms with van der Waals surface area (Å²) in [6, 6.07) is -0.930. The van der Waals surface area contributed by atoms with Gasteiger partial charge in [0, 0.05) is 7.05 Å². The zero-order chi connectivity index (χ0) is 11.7. The van der Waals surface area contributed by atoms with Crippen LogP contribution in [0.4, 0.5) is 4.79 Å². The maximum absolute atomic E-state index is 11.3. The molecular formula is C9H18N2O3S. The number of hydrogen-bond donors (Lipinski definition) is 2. The number of nitrogens with one attached hydrogen (secondary N) is 2. The van der Waals surface area contributed by atoms with Gasteiger partial charge in [-0.15, -0.1) is 0 Å². The van der Waals surface area contributed by atoms with Crippen molar-refractivity contribution < 1.29 is 14.3 Å². The fraction of sp³-hybridized carbons (Fsp3) is 0.778. The van der Waals surface area contributed by atoms with Crippen LogP contribution in [0.2, 0.25) is 0 Å². The fourth-order valence-corrected chi connectivity index (χ4v) is 1.66. The van der Waals surface area contributed by atoms with Gasteiger partial charge >= 0.3 is 12.0 Å². The second-order valence-electron chi connectivity index (χ2n) is 2.78. The Kier molecular flexibility index (Phi) is 7.89. The Morgan fingerprint density at radius 3 is 2.60 bits per heavy atom. The summed E-state index contributed by atoms with van der Waals surface area (Å²) in [5.41, 5.74) is 0. The van der Waals surface area contributed by atoms with Crippen LogP contribution in [0, 0.1) is 0 Å². The molecule has 0 fully saturated rings. The molecule has 0 unspecified atom stereocenters. The molecule has 1 atom stereocenters. The smallest absolute Gasteiger partial charge is 0.328 e. The highest BCUT2D eigenvalue weighted by atomic mass is 32.2. The Bertz CT molecular complexity index is 212. The second kappa shape index (κ2) is 8.40. The molecule has 0 saturated carbocycles. The molecule has 0 heterocycles. The van der Waals surface area contributed by atoms with E-state index in [1.807, 2.05) is 6.92 Å². The Labute approximate surface area is 94.3 Å². The van der Waals surface area contributed by atoms with Gasteiger partial charge in [0.15, 0.2) is 0 Å². The topological polar surface area (TPSA) is 67.4 Å². The quantitative estimate of drug-likeness (QED) is 0.521. The molecule has 0 aromatic rings. The van der Waals surface area contributed by atoms with Crippen LogP contribution in [-0.2, 0) is 9.53 Å². The van der Waals surface area contributed by atoms with E-state index in [-0.39, 0.29) is 6.03 Å². The third-order valence-corrected chi connectivity index (χ3v) is 2.71. The summed E-state index contributed by atoms with van der Waals surface area (Å²) >= 11 is 1.72. The summed E-state index contributed by atoms with van der Waals surface area (Å²) in [5, 5.41) is 4.94. The summed E-state index contributed by atoms with van der Waals surface area (Å²) in [7, 11) is 2.82. The van der Waals surface area contributed by atoms with Crippen LogP contribution in [0.15, 0.2) is 0 Å². The van der Waals surface area contributed by atoms with Crippen molar-refractivity contribution in [3.8, 4) is 0 Å². The fourth-order valence-electron chi connectivity index (χ4n) is 0.967. The van der Waals surface area contributed by atoms with Crippen LogP contribution in [0.1, 0.15) is 13.3 Å². The Hall–Kier alpha value is -0.910. The lowest BCUT2D eigenvalue weighted by Gasteiger charge is -2.15. The van der Waals surface area contributed by atoms with E-state index in [2.05, 4.69) is 15.4 Å². The molecule has 0 radical (unpaired) electrons. The number of amides is 2. The first-order valence-corrected chi connectivity index (χ1v) is 5.95. The van der Waals surface area contributed by atoms with Crippen molar-refractivity contribution in [2.24, 2.45) is 0 Å². The van der Waals surface area contributed by atoms with Crippen molar-refractivity contribution in [3.05, 3.63) is 0 Å². The standard InChI is InChI=1S/C9H18N2O3S/c1-4-15-6-5-7(8(12)14-3)11-9(13)10-2/h7H,4-6H2,1-3H3,(H2,10,11,13)/t7-/m0/s1. The van der Waals surface area contributed by atoms with Gasteiger partial charge < -0.3 is 15.4 Å². The normalized spacial score (nSPS) is 11.7. The molecule has 2 amide bonds. The van der Waals surface area contributed by atoms with Crippen LogP contribution in [-0.4, -0.2) is 43.7 Å². The SMILES string of the molecule is CCSCC[C@H](NC(=O)NC)C(=O)OC. The first kappa shape index (κ1) is 14.1. The Morgan fingerprint density at radius 2 is 2.13 bits per heavy atom. The molecule has 0 aromatic carbocycles. The van der Waals surface area contributed by atoms with E-state index in [0.717, 1.165) is 11.5 Å². The molecule has 0 aliphatic rings. The van der Waals surface area contributed by atoms with E-state index in [0.29, 0.717) is 6.42 Å². The third kappa shape index (κ3) is 6.22. The van der Waals surface area contributed by atoms with Crippen LogP contribution >= 0.6 is 11.8 Å². The molecule has 88 valence electrons. The zero-order valence-corrected chi connectivity index (χ0v) is 10.1. The number of rotatable bonds is 6. The van der Waals surface area contributed by atoms with Crippen molar-refractivity contribution in [1.29, 1.82) is 0 Å². The summed E-state index contributed by atoms with van der Waals surface area (Å²) < 4.78 is 4.60. The molecule has 0 saturated heterocycles. The molecular weight excluding hydrogens is 216 g/mol. The number of thioether (sulfide) groups is 1. The molecule has 6 heteroatoms. The highest BCUT2D eigenvalue weighted by Crippen LogP contribution is 2.05. The monoisotopic (exact) mass is 234 g/mol. The highest BCUT2D eigenvalue weighted by Gasteiger charge is 2.20. The first-order chi connectivity index (χ1) is 7.15. The number of ether oxygens (including phenoxy) is 1. The largest absolute Gasteiger partial charge is 0.467 e. The van der Waals surface area contributed by atoms with Gasteiger partial charge in [0.1, 0.15) is 6.04 Å². The molecule has 5 nitrogen and oxygen atoms in total. The molecule has 0 rings (SSSR count). The first-order valence-electron chi connectivity index (χ1n) is 4.79. The number of esters is 1. The van der Waals surface area contributed by atoms with Crippen molar-refractivity contribution in [2.45, 2.75) is 19.4 Å². The minimum Gasteiger partial charge on any atom is -0.467 e. The van der Waals surface area contributed by atoms with Gasteiger partial charge in [0.25, 0.3) is 0 Å². The molecule has 0 aliphatic carbocycles. The number of methoxy groups -OCH3 is 1. The second-order valence-corrected chi connectivity index (χ2v) is 4.18. The molecule has 0 spiro atoms.